The first kappa shape index (κ1) is 14.2. The lowest BCUT2D eigenvalue weighted by molar-refractivity contribution is 0.233. The highest BCUT2D eigenvalue weighted by Crippen LogP contribution is 2.26. The Kier molecular flexibility index (Phi) is 5.49. The molecular weight excluding hydrogens is 236 g/mol. The fourth-order valence-electron chi connectivity index (χ4n) is 2.64. The lowest BCUT2D eigenvalue weighted by Gasteiger charge is -2.23. The zero-order valence-corrected chi connectivity index (χ0v) is 12.2. The molecule has 1 heterocycles. The molecule has 1 aromatic rings. The summed E-state index contributed by atoms with van der Waals surface area (Å²) < 4.78 is 5.77. The van der Waals surface area contributed by atoms with E-state index in [9.17, 15) is 0 Å². The number of rotatable bonds is 4. The van der Waals surface area contributed by atoms with Crippen LogP contribution in [0, 0.1) is 0 Å². The van der Waals surface area contributed by atoms with Gasteiger partial charge in [-0.25, -0.2) is 4.98 Å². The van der Waals surface area contributed by atoms with E-state index in [2.05, 4.69) is 16.4 Å². The summed E-state index contributed by atoms with van der Waals surface area (Å²) in [4.78, 5) is 4.34. The average molecular weight is 262 g/mol. The largest absolute Gasteiger partial charge is 0.473 e. The Labute approximate surface area is 116 Å². The van der Waals surface area contributed by atoms with Crippen molar-refractivity contribution in [2.75, 3.05) is 5.32 Å². The molecule has 0 aromatic carbocycles. The van der Waals surface area contributed by atoms with Crippen molar-refractivity contribution in [2.45, 2.75) is 70.9 Å². The summed E-state index contributed by atoms with van der Waals surface area (Å²) >= 11 is 0. The van der Waals surface area contributed by atoms with Crippen LogP contribution in [0.15, 0.2) is 18.3 Å². The molecule has 0 amide bonds. The minimum Gasteiger partial charge on any atom is -0.473 e. The number of nitrogens with one attached hydrogen (secondary N) is 1. The maximum atomic E-state index is 5.77. The highest BCUT2D eigenvalue weighted by Gasteiger charge is 2.14. The predicted molar refractivity (Wildman–Crippen MR) is 79.7 cm³/mol. The van der Waals surface area contributed by atoms with E-state index in [4.69, 9.17) is 4.74 Å². The molecule has 3 nitrogen and oxygen atoms in total. The molecule has 0 radical (unpaired) electrons. The van der Waals surface area contributed by atoms with Gasteiger partial charge in [0.05, 0.1) is 11.8 Å². The van der Waals surface area contributed by atoms with Gasteiger partial charge >= 0.3 is 0 Å². The Morgan fingerprint density at radius 2 is 1.84 bits per heavy atom. The molecule has 3 heteroatoms. The van der Waals surface area contributed by atoms with Crippen LogP contribution in [-0.4, -0.2) is 17.1 Å². The Hall–Kier alpha value is -1.25. The van der Waals surface area contributed by atoms with Gasteiger partial charge in [-0.15, -0.1) is 0 Å². The van der Waals surface area contributed by atoms with Crippen molar-refractivity contribution in [3.8, 4) is 5.88 Å². The van der Waals surface area contributed by atoms with Gasteiger partial charge < -0.3 is 10.1 Å². The van der Waals surface area contributed by atoms with Gasteiger partial charge in [0.2, 0.25) is 5.88 Å². The zero-order chi connectivity index (χ0) is 13.5. The van der Waals surface area contributed by atoms with Gasteiger partial charge in [-0.1, -0.05) is 32.1 Å². The molecule has 1 aliphatic rings. The number of aromatic nitrogens is 1. The molecule has 1 aliphatic carbocycles. The Morgan fingerprint density at radius 1 is 1.16 bits per heavy atom. The maximum Gasteiger partial charge on any atom is 0.237 e. The molecule has 1 fully saturated rings. The van der Waals surface area contributed by atoms with Crippen molar-refractivity contribution < 1.29 is 4.74 Å². The van der Waals surface area contributed by atoms with Gasteiger partial charge in [-0.05, 0) is 38.8 Å². The lowest BCUT2D eigenvalue weighted by Crippen LogP contribution is -2.21. The van der Waals surface area contributed by atoms with E-state index < -0.39 is 0 Å². The molecule has 0 bridgehead atoms. The second-order valence-corrected chi connectivity index (χ2v) is 5.71. The molecule has 1 N–H and O–H groups in total. The monoisotopic (exact) mass is 262 g/mol. The molecule has 0 spiro atoms. The third-order valence-electron chi connectivity index (χ3n) is 3.58. The van der Waals surface area contributed by atoms with Crippen LogP contribution in [0.3, 0.4) is 0 Å². The average Bonchev–Trinajstić information content (AvgIpc) is 2.34. The Balaban J connectivity index is 2.00. The van der Waals surface area contributed by atoms with E-state index in [0.29, 0.717) is 6.04 Å². The third-order valence-corrected chi connectivity index (χ3v) is 3.58. The summed E-state index contributed by atoms with van der Waals surface area (Å²) in [5.41, 5.74) is 1.04. The quantitative estimate of drug-likeness (QED) is 0.873. The highest BCUT2D eigenvalue weighted by molar-refractivity contribution is 5.52. The summed E-state index contributed by atoms with van der Waals surface area (Å²) in [6.07, 6.45) is 11.3. The van der Waals surface area contributed by atoms with Gasteiger partial charge in [0, 0.05) is 12.2 Å². The van der Waals surface area contributed by atoms with Crippen LogP contribution in [-0.2, 0) is 0 Å². The van der Waals surface area contributed by atoms with Crippen molar-refractivity contribution in [3.63, 3.8) is 0 Å². The zero-order valence-electron chi connectivity index (χ0n) is 12.2. The number of ether oxygens (including phenoxy) is 1. The molecular formula is C16H26N2O. The van der Waals surface area contributed by atoms with Crippen LogP contribution in [0.25, 0.3) is 0 Å². The summed E-state index contributed by atoms with van der Waals surface area (Å²) in [5, 5.41) is 3.64. The molecule has 0 unspecified atom stereocenters. The van der Waals surface area contributed by atoms with Crippen molar-refractivity contribution >= 4 is 5.69 Å². The van der Waals surface area contributed by atoms with Crippen molar-refractivity contribution in [2.24, 2.45) is 0 Å². The first-order chi connectivity index (χ1) is 9.25. The Bertz CT molecular complexity index is 371. The van der Waals surface area contributed by atoms with E-state index in [-0.39, 0.29) is 6.10 Å². The fraction of sp³-hybridized carbons (Fsp3) is 0.688. The topological polar surface area (TPSA) is 34.1 Å². The van der Waals surface area contributed by atoms with Crippen molar-refractivity contribution in [1.82, 2.24) is 4.98 Å². The number of pyridine rings is 1. The summed E-state index contributed by atoms with van der Waals surface area (Å²) in [6.45, 7) is 4.07. The van der Waals surface area contributed by atoms with Crippen LogP contribution < -0.4 is 10.1 Å². The number of hydrogen-bond acceptors (Lipinski definition) is 3. The van der Waals surface area contributed by atoms with Gasteiger partial charge in [0.1, 0.15) is 0 Å². The molecule has 0 aliphatic heterocycles. The molecule has 19 heavy (non-hydrogen) atoms. The van der Waals surface area contributed by atoms with E-state index in [0.717, 1.165) is 11.6 Å². The van der Waals surface area contributed by atoms with Gasteiger partial charge in [0.25, 0.3) is 0 Å². The Morgan fingerprint density at radius 3 is 2.53 bits per heavy atom. The van der Waals surface area contributed by atoms with E-state index >= 15 is 0 Å². The highest BCUT2D eigenvalue weighted by atomic mass is 16.5. The van der Waals surface area contributed by atoms with Crippen molar-refractivity contribution in [3.05, 3.63) is 18.3 Å². The standard InChI is InChI=1S/C16H26N2O/c1-13(2)19-16-15(11-8-12-17-16)18-14-9-6-4-3-5-7-10-14/h8,11-14,18H,3-7,9-10H2,1-2H3. The molecule has 106 valence electrons. The molecule has 0 atom stereocenters. The van der Waals surface area contributed by atoms with Crippen LogP contribution >= 0.6 is 0 Å². The minimum absolute atomic E-state index is 0.160. The summed E-state index contributed by atoms with van der Waals surface area (Å²) in [5.74, 6) is 0.736. The van der Waals surface area contributed by atoms with Crippen LogP contribution in [0.2, 0.25) is 0 Å². The first-order valence-corrected chi connectivity index (χ1v) is 7.64. The molecule has 1 saturated carbocycles. The SMILES string of the molecule is CC(C)Oc1ncccc1NC1CCCCCCC1. The van der Waals surface area contributed by atoms with Gasteiger partial charge in [-0.3, -0.25) is 0 Å². The fourth-order valence-corrected chi connectivity index (χ4v) is 2.64. The molecule has 0 saturated heterocycles. The maximum absolute atomic E-state index is 5.77. The number of nitrogens with zero attached hydrogens (tertiary/aromatic N) is 1. The van der Waals surface area contributed by atoms with E-state index in [1.807, 2.05) is 19.9 Å². The lowest BCUT2D eigenvalue weighted by atomic mass is 9.96. The summed E-state index contributed by atoms with van der Waals surface area (Å²) in [6, 6.07) is 4.61. The van der Waals surface area contributed by atoms with Crippen molar-refractivity contribution in [1.29, 1.82) is 0 Å². The normalized spacial score (nSPS) is 17.8. The smallest absolute Gasteiger partial charge is 0.237 e. The van der Waals surface area contributed by atoms with Gasteiger partial charge in [0.15, 0.2) is 0 Å². The van der Waals surface area contributed by atoms with E-state index in [1.165, 1.54) is 44.9 Å². The molecule has 1 aromatic heterocycles. The van der Waals surface area contributed by atoms with Crippen LogP contribution in [0.1, 0.15) is 58.8 Å². The number of hydrogen-bond donors (Lipinski definition) is 1. The number of anilines is 1. The van der Waals surface area contributed by atoms with Gasteiger partial charge in [-0.2, -0.15) is 0 Å². The van der Waals surface area contributed by atoms with E-state index in [1.54, 1.807) is 6.20 Å². The third kappa shape index (κ3) is 4.73. The second-order valence-electron chi connectivity index (χ2n) is 5.71. The minimum atomic E-state index is 0.160. The second kappa shape index (κ2) is 7.37. The summed E-state index contributed by atoms with van der Waals surface area (Å²) in [7, 11) is 0. The van der Waals surface area contributed by atoms with Crippen LogP contribution in [0.4, 0.5) is 5.69 Å². The predicted octanol–water partition coefficient (Wildman–Crippen LogP) is 4.39. The molecule has 2 rings (SSSR count). The van der Waals surface area contributed by atoms with Crippen LogP contribution in [0.5, 0.6) is 5.88 Å². The first-order valence-electron chi connectivity index (χ1n) is 7.64.